The van der Waals surface area contributed by atoms with Gasteiger partial charge in [-0.1, -0.05) is 0 Å². The number of nitrogens with zero attached hydrogens (tertiary/aromatic N) is 2. The van der Waals surface area contributed by atoms with Crippen molar-refractivity contribution < 1.29 is 18.3 Å². The Labute approximate surface area is 151 Å². The molecule has 0 atom stereocenters. The molecule has 1 aromatic carbocycles. The predicted molar refractivity (Wildman–Crippen MR) is 97.0 cm³/mol. The molecule has 136 valence electrons. The van der Waals surface area contributed by atoms with Crippen LogP contribution in [0.3, 0.4) is 0 Å². The fourth-order valence-electron chi connectivity index (χ4n) is 3.10. The maximum absolute atomic E-state index is 13.5. The van der Waals surface area contributed by atoms with E-state index in [0.717, 1.165) is 22.6 Å². The molecule has 0 aliphatic carbocycles. The molecule has 0 saturated heterocycles. The molecule has 0 aliphatic heterocycles. The zero-order valence-corrected chi connectivity index (χ0v) is 15.5. The van der Waals surface area contributed by atoms with Crippen LogP contribution in [-0.2, 0) is 6.54 Å². The van der Waals surface area contributed by atoms with Gasteiger partial charge in [-0.3, -0.25) is 9.78 Å². The predicted octanol–water partition coefficient (Wildman–Crippen LogP) is 4.17. The van der Waals surface area contributed by atoms with Gasteiger partial charge in [-0.15, -0.1) is 0 Å². The van der Waals surface area contributed by atoms with Gasteiger partial charge in [0, 0.05) is 35.3 Å². The number of carbonyl (C=O) groups is 1. The van der Waals surface area contributed by atoms with Crippen LogP contribution >= 0.6 is 0 Å². The number of aryl methyl sites for hydroxylation is 2. The lowest BCUT2D eigenvalue weighted by Gasteiger charge is -2.18. The number of methoxy groups -OCH3 is 1. The van der Waals surface area contributed by atoms with Gasteiger partial charge in [-0.25, -0.2) is 4.39 Å². The van der Waals surface area contributed by atoms with Crippen molar-refractivity contribution in [3.63, 3.8) is 0 Å². The van der Waals surface area contributed by atoms with E-state index >= 15 is 0 Å². The Hall–Kier alpha value is -2.89. The molecule has 3 rings (SSSR count). The van der Waals surface area contributed by atoms with E-state index in [1.54, 1.807) is 27.3 Å². The van der Waals surface area contributed by atoms with Crippen LogP contribution < -0.4 is 4.74 Å². The Kier molecular flexibility index (Phi) is 4.68. The lowest BCUT2D eigenvalue weighted by atomic mass is 10.1. The minimum Gasteiger partial charge on any atom is -0.496 e. The largest absolute Gasteiger partial charge is 0.496 e. The molecule has 26 heavy (non-hydrogen) atoms. The number of hydrogen-bond acceptors (Lipinski definition) is 4. The fraction of sp³-hybridized carbons (Fsp3) is 0.300. The van der Waals surface area contributed by atoms with Gasteiger partial charge in [-0.2, -0.15) is 0 Å². The summed E-state index contributed by atoms with van der Waals surface area (Å²) in [5.74, 6) is 0.344. The van der Waals surface area contributed by atoms with Gasteiger partial charge in [0.25, 0.3) is 5.91 Å². The normalized spacial score (nSPS) is 11.0. The average Bonchev–Trinajstić information content (AvgIpc) is 2.93. The average molecular weight is 356 g/mol. The van der Waals surface area contributed by atoms with Crippen LogP contribution in [0.25, 0.3) is 11.0 Å². The number of carbonyl (C=O) groups excluding carboxylic acids is 1. The summed E-state index contributed by atoms with van der Waals surface area (Å²) in [6, 6.07) is 4.22. The van der Waals surface area contributed by atoms with Crippen molar-refractivity contribution in [2.45, 2.75) is 27.3 Å². The summed E-state index contributed by atoms with van der Waals surface area (Å²) < 4.78 is 24.5. The smallest absolute Gasteiger partial charge is 0.289 e. The molecule has 0 bridgehead atoms. The van der Waals surface area contributed by atoms with E-state index in [-0.39, 0.29) is 17.5 Å². The topological polar surface area (TPSA) is 55.6 Å². The first-order valence-electron chi connectivity index (χ1n) is 8.26. The number of halogens is 1. The highest BCUT2D eigenvalue weighted by molar-refractivity contribution is 5.98. The number of amides is 1. The summed E-state index contributed by atoms with van der Waals surface area (Å²) in [6.07, 6.45) is 1.73. The number of pyridine rings is 1. The van der Waals surface area contributed by atoms with Crippen LogP contribution in [0.5, 0.6) is 5.75 Å². The van der Waals surface area contributed by atoms with Gasteiger partial charge in [0.05, 0.1) is 19.3 Å². The van der Waals surface area contributed by atoms with Crippen molar-refractivity contribution in [3.05, 3.63) is 58.4 Å². The van der Waals surface area contributed by atoms with Crippen molar-refractivity contribution in [1.82, 2.24) is 9.88 Å². The van der Waals surface area contributed by atoms with Gasteiger partial charge in [0.1, 0.15) is 17.1 Å². The van der Waals surface area contributed by atoms with Crippen molar-refractivity contribution in [2.75, 3.05) is 14.2 Å². The summed E-state index contributed by atoms with van der Waals surface area (Å²) in [5, 5.41) is 0.605. The highest BCUT2D eigenvalue weighted by Crippen LogP contribution is 2.28. The lowest BCUT2D eigenvalue weighted by molar-refractivity contribution is 0.0753. The first-order valence-corrected chi connectivity index (χ1v) is 8.26. The van der Waals surface area contributed by atoms with Crippen LogP contribution in [0.15, 0.2) is 28.8 Å². The number of ether oxygens (including phenoxy) is 1. The van der Waals surface area contributed by atoms with E-state index in [1.165, 1.54) is 23.1 Å². The number of aromatic nitrogens is 1. The third kappa shape index (κ3) is 3.03. The van der Waals surface area contributed by atoms with Crippen molar-refractivity contribution in [3.8, 4) is 5.75 Å². The Balaban J connectivity index is 1.90. The third-order valence-corrected chi connectivity index (χ3v) is 4.58. The van der Waals surface area contributed by atoms with Crippen molar-refractivity contribution in [2.24, 2.45) is 0 Å². The van der Waals surface area contributed by atoms with E-state index in [9.17, 15) is 9.18 Å². The summed E-state index contributed by atoms with van der Waals surface area (Å²) in [6.45, 7) is 5.91. The van der Waals surface area contributed by atoms with Crippen LogP contribution in [0.4, 0.5) is 4.39 Å². The molecule has 5 nitrogen and oxygen atoms in total. The Bertz CT molecular complexity index is 994. The standard InChI is InChI=1S/C20H21FN2O3/c1-11-9-22-16(13(3)18(11)25-5)10-23(4)20(24)19-12(2)15-8-14(21)6-7-17(15)26-19/h6-9H,10H2,1-5H3. The molecule has 0 radical (unpaired) electrons. The monoisotopic (exact) mass is 356 g/mol. The van der Waals surface area contributed by atoms with Gasteiger partial charge in [0.2, 0.25) is 0 Å². The van der Waals surface area contributed by atoms with E-state index in [0.29, 0.717) is 23.1 Å². The molecule has 2 heterocycles. The number of hydrogen-bond donors (Lipinski definition) is 0. The Morgan fingerprint density at radius 1 is 1.27 bits per heavy atom. The van der Waals surface area contributed by atoms with E-state index in [1.807, 2.05) is 13.8 Å². The second-order valence-corrected chi connectivity index (χ2v) is 6.40. The summed E-state index contributed by atoms with van der Waals surface area (Å²) in [5.41, 5.74) is 3.71. The molecule has 0 unspecified atom stereocenters. The lowest BCUT2D eigenvalue weighted by Crippen LogP contribution is -2.27. The number of furan rings is 1. The number of benzene rings is 1. The third-order valence-electron chi connectivity index (χ3n) is 4.58. The summed E-state index contributed by atoms with van der Waals surface area (Å²) in [4.78, 5) is 18.8. The first-order chi connectivity index (χ1) is 12.3. The van der Waals surface area contributed by atoms with Crippen LogP contribution in [0, 0.1) is 26.6 Å². The summed E-state index contributed by atoms with van der Waals surface area (Å²) in [7, 11) is 3.30. The molecule has 3 aromatic rings. The van der Waals surface area contributed by atoms with E-state index < -0.39 is 0 Å². The van der Waals surface area contributed by atoms with Gasteiger partial charge in [0.15, 0.2) is 5.76 Å². The quantitative estimate of drug-likeness (QED) is 0.704. The van der Waals surface area contributed by atoms with Crippen LogP contribution in [0.2, 0.25) is 0 Å². The number of fused-ring (bicyclic) bond motifs is 1. The van der Waals surface area contributed by atoms with Crippen molar-refractivity contribution in [1.29, 1.82) is 0 Å². The molecule has 0 N–H and O–H groups in total. The number of rotatable bonds is 4. The SMILES string of the molecule is COc1c(C)cnc(CN(C)C(=O)c2oc3ccc(F)cc3c2C)c1C. The second kappa shape index (κ2) is 6.78. The van der Waals surface area contributed by atoms with Gasteiger partial charge in [-0.05, 0) is 39.0 Å². The van der Waals surface area contributed by atoms with Crippen LogP contribution in [0.1, 0.15) is 32.9 Å². The molecular weight excluding hydrogens is 335 g/mol. The van der Waals surface area contributed by atoms with Gasteiger partial charge < -0.3 is 14.1 Å². The Morgan fingerprint density at radius 3 is 2.69 bits per heavy atom. The highest BCUT2D eigenvalue weighted by atomic mass is 19.1. The summed E-state index contributed by atoms with van der Waals surface area (Å²) >= 11 is 0. The van der Waals surface area contributed by atoms with E-state index in [2.05, 4.69) is 4.98 Å². The molecule has 6 heteroatoms. The minimum atomic E-state index is -0.361. The second-order valence-electron chi connectivity index (χ2n) is 6.40. The molecule has 0 fully saturated rings. The first kappa shape index (κ1) is 17.9. The molecule has 0 saturated carbocycles. The Morgan fingerprint density at radius 2 is 2.00 bits per heavy atom. The van der Waals surface area contributed by atoms with Crippen molar-refractivity contribution >= 4 is 16.9 Å². The zero-order chi connectivity index (χ0) is 19.0. The molecular formula is C20H21FN2O3. The maximum atomic E-state index is 13.5. The highest BCUT2D eigenvalue weighted by Gasteiger charge is 2.22. The maximum Gasteiger partial charge on any atom is 0.289 e. The van der Waals surface area contributed by atoms with Crippen LogP contribution in [-0.4, -0.2) is 29.9 Å². The zero-order valence-electron chi connectivity index (χ0n) is 15.5. The molecule has 0 aliphatic rings. The minimum absolute atomic E-state index is 0.213. The molecule has 0 spiro atoms. The molecule has 2 aromatic heterocycles. The fourth-order valence-corrected chi connectivity index (χ4v) is 3.10. The molecule has 1 amide bonds. The van der Waals surface area contributed by atoms with E-state index in [4.69, 9.17) is 9.15 Å². The van der Waals surface area contributed by atoms with Gasteiger partial charge >= 0.3 is 0 Å².